The first kappa shape index (κ1) is 8.23. The molecule has 1 aliphatic carbocycles. The van der Waals surface area contributed by atoms with Gasteiger partial charge in [-0.25, -0.2) is 0 Å². The van der Waals surface area contributed by atoms with E-state index in [-0.39, 0.29) is 6.04 Å². The van der Waals surface area contributed by atoms with Crippen molar-refractivity contribution < 1.29 is 5.21 Å². The van der Waals surface area contributed by atoms with Crippen LogP contribution in [0.1, 0.15) is 23.6 Å². The molecule has 12 heavy (non-hydrogen) atoms. The van der Waals surface area contributed by atoms with Crippen LogP contribution < -0.4 is 5.48 Å². The molecule has 2 nitrogen and oxygen atoms in total. The number of aryl methyl sites for hydroxylation is 1. The van der Waals surface area contributed by atoms with Crippen LogP contribution in [0.15, 0.2) is 22.7 Å². The van der Waals surface area contributed by atoms with Crippen molar-refractivity contribution in [2.75, 3.05) is 0 Å². The zero-order valence-electron chi connectivity index (χ0n) is 6.55. The van der Waals surface area contributed by atoms with E-state index in [1.54, 1.807) is 0 Å². The summed E-state index contributed by atoms with van der Waals surface area (Å²) in [6.45, 7) is 0. The van der Waals surface area contributed by atoms with Crippen molar-refractivity contribution in [1.82, 2.24) is 5.48 Å². The minimum Gasteiger partial charge on any atom is -0.316 e. The lowest BCUT2D eigenvalue weighted by Crippen LogP contribution is -2.13. The van der Waals surface area contributed by atoms with Crippen LogP contribution in [0.3, 0.4) is 0 Å². The van der Waals surface area contributed by atoms with E-state index in [2.05, 4.69) is 33.5 Å². The highest BCUT2D eigenvalue weighted by Crippen LogP contribution is 2.32. The molecule has 1 atom stereocenters. The Bertz CT molecular complexity index is 301. The van der Waals surface area contributed by atoms with E-state index in [0.717, 1.165) is 17.3 Å². The fraction of sp³-hybridized carbons (Fsp3) is 0.333. The van der Waals surface area contributed by atoms with Gasteiger partial charge in [0.2, 0.25) is 0 Å². The molecular formula is C9H10BrNO. The highest BCUT2D eigenvalue weighted by molar-refractivity contribution is 9.10. The summed E-state index contributed by atoms with van der Waals surface area (Å²) in [5, 5.41) is 8.82. The molecule has 0 fully saturated rings. The van der Waals surface area contributed by atoms with Crippen molar-refractivity contribution in [3.05, 3.63) is 33.8 Å². The summed E-state index contributed by atoms with van der Waals surface area (Å²) in [5.41, 5.74) is 4.88. The van der Waals surface area contributed by atoms with Gasteiger partial charge < -0.3 is 5.21 Å². The van der Waals surface area contributed by atoms with Crippen LogP contribution in [0, 0.1) is 0 Å². The number of rotatable bonds is 1. The molecule has 0 spiro atoms. The average Bonchev–Trinajstić information content (AvgIpc) is 2.46. The minimum atomic E-state index is 0.132. The number of benzene rings is 1. The van der Waals surface area contributed by atoms with E-state index < -0.39 is 0 Å². The summed E-state index contributed by atoms with van der Waals surface area (Å²) in [7, 11) is 0. The third kappa shape index (κ3) is 1.28. The molecule has 0 heterocycles. The lowest BCUT2D eigenvalue weighted by atomic mass is 10.1. The van der Waals surface area contributed by atoms with Crippen molar-refractivity contribution in [2.45, 2.75) is 18.9 Å². The molecule has 3 heteroatoms. The smallest absolute Gasteiger partial charge is 0.0574 e. The SMILES string of the molecule is ONC1CCc2cc(Br)ccc21. The summed E-state index contributed by atoms with van der Waals surface area (Å²) >= 11 is 3.42. The molecular weight excluding hydrogens is 218 g/mol. The molecule has 1 aromatic rings. The van der Waals surface area contributed by atoms with Gasteiger partial charge in [0, 0.05) is 4.47 Å². The molecule has 1 aromatic carbocycles. The highest BCUT2D eigenvalue weighted by Gasteiger charge is 2.21. The molecule has 0 bridgehead atoms. The minimum absolute atomic E-state index is 0.132. The Morgan fingerprint density at radius 3 is 3.08 bits per heavy atom. The van der Waals surface area contributed by atoms with Crippen LogP contribution in [0.2, 0.25) is 0 Å². The Kier molecular flexibility index (Phi) is 2.17. The first-order valence-electron chi connectivity index (χ1n) is 3.99. The number of nitrogens with one attached hydrogen (secondary N) is 1. The maximum atomic E-state index is 8.82. The first-order chi connectivity index (χ1) is 5.81. The van der Waals surface area contributed by atoms with E-state index in [1.165, 1.54) is 11.1 Å². The predicted molar refractivity (Wildman–Crippen MR) is 50.1 cm³/mol. The normalized spacial score (nSPS) is 21.0. The second-order valence-corrected chi connectivity index (χ2v) is 3.98. The van der Waals surface area contributed by atoms with Gasteiger partial charge >= 0.3 is 0 Å². The predicted octanol–water partition coefficient (Wildman–Crippen LogP) is 2.42. The molecule has 0 radical (unpaired) electrons. The van der Waals surface area contributed by atoms with E-state index >= 15 is 0 Å². The second-order valence-electron chi connectivity index (χ2n) is 3.06. The Hall–Kier alpha value is -0.380. The number of halogens is 1. The van der Waals surface area contributed by atoms with Crippen LogP contribution in [0.5, 0.6) is 0 Å². The Balaban J connectivity index is 2.40. The molecule has 1 unspecified atom stereocenters. The lowest BCUT2D eigenvalue weighted by molar-refractivity contribution is 0.126. The Morgan fingerprint density at radius 1 is 1.50 bits per heavy atom. The van der Waals surface area contributed by atoms with Gasteiger partial charge in [0.25, 0.3) is 0 Å². The molecule has 0 aliphatic heterocycles. The van der Waals surface area contributed by atoms with Crippen molar-refractivity contribution >= 4 is 15.9 Å². The zero-order valence-corrected chi connectivity index (χ0v) is 8.13. The molecule has 0 aromatic heterocycles. The Morgan fingerprint density at radius 2 is 2.33 bits per heavy atom. The topological polar surface area (TPSA) is 32.3 Å². The van der Waals surface area contributed by atoms with Gasteiger partial charge in [-0.15, -0.1) is 0 Å². The fourth-order valence-corrected chi connectivity index (χ4v) is 2.13. The monoisotopic (exact) mass is 227 g/mol. The second kappa shape index (κ2) is 3.17. The van der Waals surface area contributed by atoms with Crippen LogP contribution in [-0.2, 0) is 6.42 Å². The summed E-state index contributed by atoms with van der Waals surface area (Å²) in [5.74, 6) is 0. The zero-order chi connectivity index (χ0) is 8.55. The average molecular weight is 228 g/mol. The van der Waals surface area contributed by atoms with Gasteiger partial charge in [-0.3, -0.25) is 0 Å². The summed E-state index contributed by atoms with van der Waals surface area (Å²) in [6, 6.07) is 6.31. The highest BCUT2D eigenvalue weighted by atomic mass is 79.9. The first-order valence-corrected chi connectivity index (χ1v) is 4.78. The molecule has 0 saturated carbocycles. The third-order valence-corrected chi connectivity index (χ3v) is 2.83. The van der Waals surface area contributed by atoms with E-state index in [4.69, 9.17) is 5.21 Å². The van der Waals surface area contributed by atoms with Gasteiger partial charge in [-0.05, 0) is 36.1 Å². The van der Waals surface area contributed by atoms with Gasteiger partial charge in [-0.2, -0.15) is 5.48 Å². The molecule has 0 saturated heterocycles. The van der Waals surface area contributed by atoms with Crippen molar-refractivity contribution in [1.29, 1.82) is 0 Å². The van der Waals surface area contributed by atoms with Crippen LogP contribution in [-0.4, -0.2) is 5.21 Å². The molecule has 2 N–H and O–H groups in total. The number of fused-ring (bicyclic) bond motifs is 1. The molecule has 64 valence electrons. The number of hydrogen-bond acceptors (Lipinski definition) is 2. The summed E-state index contributed by atoms with van der Waals surface area (Å²) < 4.78 is 1.11. The van der Waals surface area contributed by atoms with Crippen molar-refractivity contribution in [3.63, 3.8) is 0 Å². The van der Waals surface area contributed by atoms with Crippen molar-refractivity contribution in [2.24, 2.45) is 0 Å². The number of hydrogen-bond donors (Lipinski definition) is 2. The molecule has 0 amide bonds. The van der Waals surface area contributed by atoms with Crippen molar-refractivity contribution in [3.8, 4) is 0 Å². The maximum absolute atomic E-state index is 8.82. The summed E-state index contributed by atoms with van der Waals surface area (Å²) in [4.78, 5) is 0. The number of hydroxylamine groups is 1. The fourth-order valence-electron chi connectivity index (χ4n) is 1.72. The largest absolute Gasteiger partial charge is 0.316 e. The van der Waals surface area contributed by atoms with Crippen LogP contribution in [0.4, 0.5) is 0 Å². The lowest BCUT2D eigenvalue weighted by Gasteiger charge is -2.07. The molecule has 1 aliphatic rings. The Labute approximate surface area is 79.7 Å². The van der Waals surface area contributed by atoms with E-state index in [0.29, 0.717) is 0 Å². The maximum Gasteiger partial charge on any atom is 0.0574 e. The summed E-state index contributed by atoms with van der Waals surface area (Å²) in [6.07, 6.45) is 2.04. The van der Waals surface area contributed by atoms with Gasteiger partial charge in [0.05, 0.1) is 6.04 Å². The van der Waals surface area contributed by atoms with E-state index in [1.807, 2.05) is 6.07 Å². The van der Waals surface area contributed by atoms with Crippen LogP contribution >= 0.6 is 15.9 Å². The van der Waals surface area contributed by atoms with Gasteiger partial charge in [-0.1, -0.05) is 22.0 Å². The molecule has 2 rings (SSSR count). The quantitative estimate of drug-likeness (QED) is 0.723. The van der Waals surface area contributed by atoms with Gasteiger partial charge in [0.1, 0.15) is 0 Å². The third-order valence-electron chi connectivity index (χ3n) is 2.34. The standard InChI is InChI=1S/C9H10BrNO/c10-7-2-3-8-6(5-7)1-4-9(8)11-12/h2-3,5,9,11-12H,1,4H2. The van der Waals surface area contributed by atoms with E-state index in [9.17, 15) is 0 Å². The van der Waals surface area contributed by atoms with Crippen LogP contribution in [0.25, 0.3) is 0 Å². The van der Waals surface area contributed by atoms with Gasteiger partial charge in [0.15, 0.2) is 0 Å².